The van der Waals surface area contributed by atoms with Crippen LogP contribution < -0.4 is 11.3 Å². The molecule has 0 unspecified atom stereocenters. The number of thiocarbonyl (C=S) groups is 1. The molecule has 0 aliphatic heterocycles. The highest BCUT2D eigenvalue weighted by Crippen LogP contribution is 2.19. The van der Waals surface area contributed by atoms with Crippen molar-refractivity contribution in [3.63, 3.8) is 0 Å². The lowest BCUT2D eigenvalue weighted by Gasteiger charge is -2.19. The Bertz CT molecular complexity index is 471. The summed E-state index contributed by atoms with van der Waals surface area (Å²) in [4.78, 5) is 12.0. The fourth-order valence-corrected chi connectivity index (χ4v) is 1.45. The summed E-state index contributed by atoms with van der Waals surface area (Å²) in [7, 11) is 0. The Labute approximate surface area is 100 Å². The number of nitrogens with two attached hydrogens (primary N) is 1. The van der Waals surface area contributed by atoms with Crippen LogP contribution in [-0.4, -0.2) is 14.8 Å². The van der Waals surface area contributed by atoms with Crippen LogP contribution >= 0.6 is 12.2 Å². The van der Waals surface area contributed by atoms with Gasteiger partial charge in [0.15, 0.2) is 0 Å². The summed E-state index contributed by atoms with van der Waals surface area (Å²) in [5, 5.41) is 4.29. The van der Waals surface area contributed by atoms with Gasteiger partial charge < -0.3 is 5.73 Å². The van der Waals surface area contributed by atoms with Crippen molar-refractivity contribution in [1.29, 1.82) is 0 Å². The molecule has 1 aromatic rings. The Morgan fingerprint density at radius 1 is 1.56 bits per heavy atom. The maximum Gasteiger partial charge on any atom is 0.277 e. The maximum absolute atomic E-state index is 11.9. The molecule has 0 atom stereocenters. The Morgan fingerprint density at radius 2 is 2.12 bits per heavy atom. The average Bonchev–Trinajstić information content (AvgIpc) is 2.15. The third kappa shape index (κ3) is 2.47. The van der Waals surface area contributed by atoms with Gasteiger partial charge in [-0.1, -0.05) is 33.0 Å². The number of hydrogen-bond acceptors (Lipinski definition) is 3. The molecule has 0 radical (unpaired) electrons. The van der Waals surface area contributed by atoms with Crippen LogP contribution in [0.1, 0.15) is 39.0 Å². The van der Waals surface area contributed by atoms with E-state index >= 15 is 0 Å². The zero-order valence-electron chi connectivity index (χ0n) is 10.1. The number of nitrogens with zero attached hydrogens (tertiary/aromatic N) is 2. The molecule has 16 heavy (non-hydrogen) atoms. The minimum atomic E-state index is -0.219. The molecular weight excluding hydrogens is 222 g/mol. The van der Waals surface area contributed by atoms with E-state index in [0.29, 0.717) is 12.1 Å². The van der Waals surface area contributed by atoms with E-state index in [-0.39, 0.29) is 16.0 Å². The summed E-state index contributed by atoms with van der Waals surface area (Å²) in [5.74, 6) is 0. The highest BCUT2D eigenvalue weighted by Gasteiger charge is 2.19. The van der Waals surface area contributed by atoms with E-state index in [2.05, 4.69) is 5.10 Å². The molecule has 0 saturated carbocycles. The van der Waals surface area contributed by atoms with Crippen molar-refractivity contribution in [1.82, 2.24) is 9.78 Å². The van der Waals surface area contributed by atoms with Gasteiger partial charge in [-0.25, -0.2) is 4.68 Å². The van der Waals surface area contributed by atoms with Gasteiger partial charge in [0, 0.05) is 12.0 Å². The highest BCUT2D eigenvalue weighted by atomic mass is 32.1. The van der Waals surface area contributed by atoms with Gasteiger partial charge in [0.1, 0.15) is 4.99 Å². The minimum Gasteiger partial charge on any atom is -0.389 e. The Balaban J connectivity index is 3.53. The zero-order valence-corrected chi connectivity index (χ0v) is 10.9. The first-order valence-corrected chi connectivity index (χ1v) is 5.60. The van der Waals surface area contributed by atoms with Crippen molar-refractivity contribution in [2.24, 2.45) is 5.73 Å². The summed E-state index contributed by atoms with van der Waals surface area (Å²) in [6.45, 7) is 8.47. The van der Waals surface area contributed by atoms with Crippen LogP contribution in [0.4, 0.5) is 0 Å². The van der Waals surface area contributed by atoms with Gasteiger partial charge in [0.25, 0.3) is 5.56 Å². The van der Waals surface area contributed by atoms with Gasteiger partial charge in [-0.15, -0.1) is 0 Å². The Hall–Kier alpha value is -1.23. The van der Waals surface area contributed by atoms with Crippen molar-refractivity contribution in [3.05, 3.63) is 27.7 Å². The summed E-state index contributed by atoms with van der Waals surface area (Å²) >= 11 is 4.88. The van der Waals surface area contributed by atoms with Gasteiger partial charge in [-0.2, -0.15) is 5.10 Å². The van der Waals surface area contributed by atoms with Crippen LogP contribution in [-0.2, 0) is 12.0 Å². The molecule has 0 amide bonds. The van der Waals surface area contributed by atoms with Crippen molar-refractivity contribution in [2.75, 3.05) is 0 Å². The van der Waals surface area contributed by atoms with E-state index < -0.39 is 0 Å². The Morgan fingerprint density at radius 3 is 2.50 bits per heavy atom. The predicted molar refractivity (Wildman–Crippen MR) is 68.8 cm³/mol. The summed E-state index contributed by atoms with van der Waals surface area (Å²) in [6.07, 6.45) is 0. The molecule has 0 bridgehead atoms. The second kappa shape index (κ2) is 4.33. The molecule has 0 spiro atoms. The van der Waals surface area contributed by atoms with Crippen LogP contribution in [0.5, 0.6) is 0 Å². The predicted octanol–water partition coefficient (Wildman–Crippen LogP) is 1.19. The fourth-order valence-electron chi connectivity index (χ4n) is 1.30. The fraction of sp³-hybridized carbons (Fsp3) is 0.545. The average molecular weight is 239 g/mol. The topological polar surface area (TPSA) is 60.9 Å². The molecule has 0 aliphatic rings. The standard InChI is InChI=1S/C11H17N3OS/c1-5-14-10(15)7(9(12)16)6-8(13-14)11(2,3)4/h6H,5H2,1-4H3,(H2,12,16). The Kier molecular flexibility index (Phi) is 3.48. The molecule has 1 heterocycles. The molecule has 2 N–H and O–H groups in total. The van der Waals surface area contributed by atoms with E-state index in [0.717, 1.165) is 5.69 Å². The first-order chi connectivity index (χ1) is 7.27. The SMILES string of the molecule is CCn1nc(C(C)(C)C)cc(C(N)=S)c1=O. The number of aryl methyl sites for hydroxylation is 1. The van der Waals surface area contributed by atoms with Crippen molar-refractivity contribution in [3.8, 4) is 0 Å². The van der Waals surface area contributed by atoms with E-state index in [1.165, 1.54) is 4.68 Å². The van der Waals surface area contributed by atoms with Crippen LogP contribution in [0.25, 0.3) is 0 Å². The largest absolute Gasteiger partial charge is 0.389 e. The van der Waals surface area contributed by atoms with E-state index in [4.69, 9.17) is 18.0 Å². The molecule has 4 nitrogen and oxygen atoms in total. The van der Waals surface area contributed by atoms with Crippen LogP contribution in [0.2, 0.25) is 0 Å². The van der Waals surface area contributed by atoms with E-state index in [1.54, 1.807) is 6.07 Å². The molecule has 0 saturated heterocycles. The lowest BCUT2D eigenvalue weighted by atomic mass is 9.91. The third-order valence-electron chi connectivity index (χ3n) is 2.31. The molecular formula is C11H17N3OS. The third-order valence-corrected chi connectivity index (χ3v) is 2.53. The summed E-state index contributed by atoms with van der Waals surface area (Å²) in [5.41, 5.74) is 6.37. The minimum absolute atomic E-state index is 0.125. The van der Waals surface area contributed by atoms with Crippen molar-refractivity contribution < 1.29 is 0 Å². The molecule has 1 rings (SSSR count). The van der Waals surface area contributed by atoms with Crippen LogP contribution in [0.3, 0.4) is 0 Å². The molecule has 0 fully saturated rings. The quantitative estimate of drug-likeness (QED) is 0.788. The first-order valence-electron chi connectivity index (χ1n) is 5.19. The normalized spacial score (nSPS) is 11.5. The summed E-state index contributed by atoms with van der Waals surface area (Å²) < 4.78 is 1.40. The number of aromatic nitrogens is 2. The number of rotatable bonds is 2. The zero-order chi connectivity index (χ0) is 12.5. The second-order valence-electron chi connectivity index (χ2n) is 4.68. The lowest BCUT2D eigenvalue weighted by Crippen LogP contribution is -2.33. The van der Waals surface area contributed by atoms with Gasteiger partial charge in [0.2, 0.25) is 0 Å². The van der Waals surface area contributed by atoms with E-state index in [1.807, 2.05) is 27.7 Å². The summed E-state index contributed by atoms with van der Waals surface area (Å²) in [6, 6.07) is 1.69. The molecule has 0 aromatic carbocycles. The lowest BCUT2D eigenvalue weighted by molar-refractivity contribution is 0.511. The van der Waals surface area contributed by atoms with Crippen molar-refractivity contribution >= 4 is 17.2 Å². The highest BCUT2D eigenvalue weighted by molar-refractivity contribution is 7.80. The first kappa shape index (κ1) is 12.8. The van der Waals surface area contributed by atoms with Gasteiger partial charge in [-0.05, 0) is 13.0 Å². The van der Waals surface area contributed by atoms with Crippen molar-refractivity contribution in [2.45, 2.75) is 39.7 Å². The molecule has 88 valence electrons. The molecule has 1 aromatic heterocycles. The molecule has 0 aliphatic carbocycles. The molecule has 5 heteroatoms. The van der Waals surface area contributed by atoms with Gasteiger partial charge >= 0.3 is 0 Å². The second-order valence-corrected chi connectivity index (χ2v) is 5.12. The maximum atomic E-state index is 11.9. The van der Waals surface area contributed by atoms with Gasteiger partial charge in [-0.3, -0.25) is 4.79 Å². The number of hydrogen-bond donors (Lipinski definition) is 1. The monoisotopic (exact) mass is 239 g/mol. The van der Waals surface area contributed by atoms with Crippen LogP contribution in [0.15, 0.2) is 10.9 Å². The van der Waals surface area contributed by atoms with E-state index in [9.17, 15) is 4.79 Å². The van der Waals surface area contributed by atoms with Crippen LogP contribution in [0, 0.1) is 0 Å². The van der Waals surface area contributed by atoms with Gasteiger partial charge in [0.05, 0.1) is 11.3 Å². The smallest absolute Gasteiger partial charge is 0.277 e.